The van der Waals surface area contributed by atoms with Crippen molar-refractivity contribution in [1.29, 1.82) is 0 Å². The average Bonchev–Trinajstić information content (AvgIpc) is 3.34. The Kier molecular flexibility index (Phi) is 4.95. The number of aromatic nitrogens is 2. The number of benzene rings is 1. The molecule has 2 aromatic heterocycles. The van der Waals surface area contributed by atoms with E-state index in [2.05, 4.69) is 20.2 Å². The van der Waals surface area contributed by atoms with Crippen molar-refractivity contribution in [1.82, 2.24) is 15.0 Å². The van der Waals surface area contributed by atoms with Crippen molar-refractivity contribution >= 4 is 39.4 Å². The van der Waals surface area contributed by atoms with Crippen molar-refractivity contribution in [2.75, 3.05) is 25.5 Å². The molecule has 4 rings (SSSR count). The molecule has 0 atom stereocenters. The van der Waals surface area contributed by atoms with Crippen molar-refractivity contribution in [3.63, 3.8) is 0 Å². The Morgan fingerprint density at radius 1 is 1.36 bits per heavy atom. The number of likely N-dealkylation sites (tertiary alicyclic amines) is 1. The molecular weight excluding hydrogens is 387 g/mol. The van der Waals surface area contributed by atoms with E-state index in [1.165, 1.54) is 25.4 Å². The number of carbonyl (C=O) groups excluding carboxylic acids is 2. The Balaban J connectivity index is 1.38. The third-order valence-electron chi connectivity index (χ3n) is 4.73. The van der Waals surface area contributed by atoms with Crippen LogP contribution < -0.4 is 5.32 Å². The lowest BCUT2D eigenvalue weighted by Crippen LogP contribution is -2.40. The van der Waals surface area contributed by atoms with Gasteiger partial charge in [-0.2, -0.15) is 0 Å². The summed E-state index contributed by atoms with van der Waals surface area (Å²) in [5.74, 6) is -0.725. The van der Waals surface area contributed by atoms with Crippen LogP contribution in [0.1, 0.15) is 34.1 Å². The van der Waals surface area contributed by atoms with Crippen LogP contribution in [0.2, 0.25) is 0 Å². The zero-order chi connectivity index (χ0) is 19.7. The number of urea groups is 1. The molecule has 3 heterocycles. The summed E-state index contributed by atoms with van der Waals surface area (Å²) in [4.78, 5) is 29.9. The third-order valence-corrected chi connectivity index (χ3v) is 5.63. The maximum atomic E-state index is 13.5. The summed E-state index contributed by atoms with van der Waals surface area (Å²) >= 11 is 1.06. The van der Waals surface area contributed by atoms with Crippen molar-refractivity contribution < 1.29 is 23.2 Å². The highest BCUT2D eigenvalue weighted by molar-refractivity contribution is 7.17. The second-order valence-electron chi connectivity index (χ2n) is 6.42. The van der Waals surface area contributed by atoms with Gasteiger partial charge in [-0.15, -0.1) is 0 Å². The zero-order valence-electron chi connectivity index (χ0n) is 15.0. The summed E-state index contributed by atoms with van der Waals surface area (Å²) in [5, 5.41) is 7.83. The van der Waals surface area contributed by atoms with Gasteiger partial charge in [0.15, 0.2) is 10.7 Å². The fourth-order valence-corrected chi connectivity index (χ4v) is 4.00. The smallest absolute Gasteiger partial charge is 0.349 e. The molecule has 0 aliphatic carbocycles. The van der Waals surface area contributed by atoms with Crippen LogP contribution in [0.3, 0.4) is 0 Å². The lowest BCUT2D eigenvalue weighted by Gasteiger charge is -2.30. The number of piperidine rings is 1. The second-order valence-corrected chi connectivity index (χ2v) is 7.45. The van der Waals surface area contributed by atoms with Gasteiger partial charge in [0.05, 0.1) is 19.0 Å². The van der Waals surface area contributed by atoms with Gasteiger partial charge >= 0.3 is 12.0 Å². The van der Waals surface area contributed by atoms with Gasteiger partial charge in [0.25, 0.3) is 0 Å². The molecule has 0 unspecified atom stereocenters. The number of nitrogens with one attached hydrogen (secondary N) is 1. The second kappa shape index (κ2) is 7.55. The quantitative estimate of drug-likeness (QED) is 0.670. The van der Waals surface area contributed by atoms with Crippen LogP contribution in [0.25, 0.3) is 11.0 Å². The fourth-order valence-electron chi connectivity index (χ4n) is 3.28. The summed E-state index contributed by atoms with van der Waals surface area (Å²) in [7, 11) is 1.29. The summed E-state index contributed by atoms with van der Waals surface area (Å²) in [6, 6.07) is 4.07. The number of esters is 1. The normalized spacial score (nSPS) is 15.0. The Hall–Kier alpha value is -3.01. The number of carbonyl (C=O) groups is 2. The van der Waals surface area contributed by atoms with Crippen LogP contribution in [0.15, 0.2) is 28.9 Å². The number of fused-ring (bicyclic) bond motifs is 1. The first-order chi connectivity index (χ1) is 13.5. The van der Waals surface area contributed by atoms with Crippen LogP contribution in [0.5, 0.6) is 0 Å². The van der Waals surface area contributed by atoms with E-state index in [1.807, 2.05) is 0 Å². The Morgan fingerprint density at radius 2 is 2.14 bits per heavy atom. The molecule has 1 aromatic carbocycles. The van der Waals surface area contributed by atoms with Gasteiger partial charge in [-0.3, -0.25) is 5.32 Å². The molecule has 146 valence electrons. The summed E-state index contributed by atoms with van der Waals surface area (Å²) < 4.78 is 23.5. The van der Waals surface area contributed by atoms with Crippen molar-refractivity contribution in [2.24, 2.45) is 0 Å². The number of amides is 2. The third kappa shape index (κ3) is 3.55. The summed E-state index contributed by atoms with van der Waals surface area (Å²) in [5.41, 5.74) is 1.29. The molecule has 1 saturated heterocycles. The minimum atomic E-state index is -0.491. The standard InChI is InChI=1S/C18H17FN4O4S/c1-26-16(24)14-9-20-17(28-14)21-18(25)23-6-4-10(5-7-23)15-12-8-11(19)2-3-13(12)27-22-15/h2-3,8-10H,4-7H2,1H3,(H,20,21,25). The van der Waals surface area contributed by atoms with E-state index in [9.17, 15) is 14.0 Å². The van der Waals surface area contributed by atoms with Crippen LogP contribution in [-0.2, 0) is 4.74 Å². The van der Waals surface area contributed by atoms with Gasteiger partial charge in [0.2, 0.25) is 0 Å². The van der Waals surface area contributed by atoms with Gasteiger partial charge in [-0.05, 0) is 31.0 Å². The van der Waals surface area contributed by atoms with Crippen LogP contribution in [-0.4, -0.2) is 47.2 Å². The maximum Gasteiger partial charge on any atom is 0.349 e. The molecule has 2 amide bonds. The van der Waals surface area contributed by atoms with Gasteiger partial charge < -0.3 is 14.2 Å². The van der Waals surface area contributed by atoms with Crippen LogP contribution in [0, 0.1) is 5.82 Å². The molecule has 0 spiro atoms. The zero-order valence-corrected chi connectivity index (χ0v) is 15.8. The molecule has 1 aliphatic rings. The van der Waals surface area contributed by atoms with Gasteiger partial charge in [-0.25, -0.2) is 19.0 Å². The molecule has 1 fully saturated rings. The monoisotopic (exact) mass is 404 g/mol. The Morgan fingerprint density at radius 3 is 2.89 bits per heavy atom. The molecule has 1 aliphatic heterocycles. The Bertz CT molecular complexity index is 1030. The maximum absolute atomic E-state index is 13.5. The molecule has 1 N–H and O–H groups in total. The predicted molar refractivity (Wildman–Crippen MR) is 100.0 cm³/mol. The van der Waals surface area contributed by atoms with Crippen molar-refractivity contribution in [3.05, 3.63) is 40.8 Å². The fraction of sp³-hybridized carbons (Fsp3) is 0.333. The number of rotatable bonds is 3. The lowest BCUT2D eigenvalue weighted by molar-refractivity contribution is 0.0606. The topological polar surface area (TPSA) is 97.6 Å². The average molecular weight is 404 g/mol. The largest absolute Gasteiger partial charge is 0.465 e. The van der Waals surface area contributed by atoms with Crippen LogP contribution in [0.4, 0.5) is 14.3 Å². The van der Waals surface area contributed by atoms with Crippen LogP contribution >= 0.6 is 11.3 Å². The van der Waals surface area contributed by atoms with Gasteiger partial charge in [0.1, 0.15) is 10.7 Å². The molecule has 0 radical (unpaired) electrons. The molecule has 0 saturated carbocycles. The highest BCUT2D eigenvalue weighted by atomic mass is 32.1. The number of thiazole rings is 1. The number of hydrogen-bond donors (Lipinski definition) is 1. The van der Waals surface area contributed by atoms with E-state index in [-0.39, 0.29) is 17.8 Å². The molecule has 0 bridgehead atoms. The molecule has 8 nitrogen and oxygen atoms in total. The highest BCUT2D eigenvalue weighted by Gasteiger charge is 2.28. The summed E-state index contributed by atoms with van der Waals surface area (Å²) in [6.45, 7) is 1.05. The SMILES string of the molecule is COC(=O)c1cnc(NC(=O)N2CCC(c3noc4ccc(F)cc34)CC2)s1. The molecule has 28 heavy (non-hydrogen) atoms. The first kappa shape index (κ1) is 18.4. The first-order valence-corrected chi connectivity index (χ1v) is 9.51. The lowest BCUT2D eigenvalue weighted by atomic mass is 9.92. The Labute approximate surface area is 163 Å². The summed E-state index contributed by atoms with van der Waals surface area (Å²) in [6.07, 6.45) is 2.75. The predicted octanol–water partition coefficient (Wildman–Crippen LogP) is 3.62. The number of hydrogen-bond acceptors (Lipinski definition) is 7. The minimum Gasteiger partial charge on any atom is -0.465 e. The minimum absolute atomic E-state index is 0.0953. The van der Waals surface area contributed by atoms with E-state index in [4.69, 9.17) is 4.52 Å². The van der Waals surface area contributed by atoms with E-state index < -0.39 is 5.97 Å². The van der Waals surface area contributed by atoms with Gasteiger partial charge in [0, 0.05) is 24.4 Å². The van der Waals surface area contributed by atoms with E-state index in [1.54, 1.807) is 11.0 Å². The number of ether oxygens (including phenoxy) is 1. The highest BCUT2D eigenvalue weighted by Crippen LogP contribution is 2.33. The molecular formula is C18H17FN4O4S. The van der Waals surface area contributed by atoms with E-state index in [0.717, 1.165) is 17.0 Å². The number of halogens is 1. The first-order valence-electron chi connectivity index (χ1n) is 8.70. The number of methoxy groups -OCH3 is 1. The number of nitrogens with zero attached hydrogens (tertiary/aromatic N) is 3. The van der Waals surface area contributed by atoms with Gasteiger partial charge in [-0.1, -0.05) is 16.5 Å². The van der Waals surface area contributed by atoms with Crippen molar-refractivity contribution in [3.8, 4) is 0 Å². The van der Waals surface area contributed by atoms with E-state index >= 15 is 0 Å². The molecule has 10 heteroatoms. The van der Waals surface area contributed by atoms with E-state index in [0.29, 0.717) is 46.9 Å². The molecule has 3 aromatic rings. The number of anilines is 1. The van der Waals surface area contributed by atoms with Crippen molar-refractivity contribution in [2.45, 2.75) is 18.8 Å².